The van der Waals surface area contributed by atoms with E-state index in [-0.39, 0.29) is 18.7 Å². The van der Waals surface area contributed by atoms with Gasteiger partial charge >= 0.3 is 12.0 Å². The number of carbonyl (C=O) groups excluding carboxylic acids is 1. The molecule has 142 valence electrons. The number of nitrogens with one attached hydrogen (secondary N) is 1. The Morgan fingerprint density at radius 1 is 1.35 bits per heavy atom. The molecule has 0 bridgehead atoms. The molecule has 0 aromatic heterocycles. The first-order valence-corrected chi connectivity index (χ1v) is 9.21. The van der Waals surface area contributed by atoms with Crippen LogP contribution in [0.3, 0.4) is 0 Å². The third-order valence-corrected chi connectivity index (χ3v) is 4.98. The first-order chi connectivity index (χ1) is 12.5. The van der Waals surface area contributed by atoms with Crippen LogP contribution in [0.5, 0.6) is 0 Å². The summed E-state index contributed by atoms with van der Waals surface area (Å²) in [7, 11) is 1.74. The number of nitrogens with zero attached hydrogens (tertiary/aromatic N) is 2. The van der Waals surface area contributed by atoms with Gasteiger partial charge in [0.05, 0.1) is 19.3 Å². The molecule has 0 spiro atoms. The van der Waals surface area contributed by atoms with Gasteiger partial charge in [0.1, 0.15) is 0 Å². The second-order valence-electron chi connectivity index (χ2n) is 7.11. The van der Waals surface area contributed by atoms with Gasteiger partial charge in [-0.1, -0.05) is 12.1 Å². The number of carboxylic acids is 1. The van der Waals surface area contributed by atoms with Crippen molar-refractivity contribution < 1.29 is 19.4 Å². The maximum absolute atomic E-state index is 12.7. The Morgan fingerprint density at radius 3 is 2.96 bits per heavy atom. The van der Waals surface area contributed by atoms with Gasteiger partial charge in [0.25, 0.3) is 0 Å². The van der Waals surface area contributed by atoms with Gasteiger partial charge in [0.15, 0.2) is 0 Å². The zero-order valence-corrected chi connectivity index (χ0v) is 15.2. The molecule has 1 aliphatic heterocycles. The summed E-state index contributed by atoms with van der Waals surface area (Å²) in [4.78, 5) is 27.0. The van der Waals surface area contributed by atoms with Crippen LogP contribution in [0.25, 0.3) is 0 Å². The van der Waals surface area contributed by atoms with E-state index >= 15 is 0 Å². The number of benzene rings is 1. The second kappa shape index (κ2) is 8.51. The van der Waals surface area contributed by atoms with Gasteiger partial charge in [-0.2, -0.15) is 0 Å². The summed E-state index contributed by atoms with van der Waals surface area (Å²) in [6.45, 7) is 1.91. The maximum Gasteiger partial charge on any atom is 0.322 e. The van der Waals surface area contributed by atoms with Crippen molar-refractivity contribution in [2.45, 2.75) is 31.8 Å². The maximum atomic E-state index is 12.7. The number of rotatable bonds is 5. The number of fused-ring (bicyclic) bond motifs is 1. The first-order valence-electron chi connectivity index (χ1n) is 9.21. The lowest BCUT2D eigenvalue weighted by Crippen LogP contribution is -2.50. The Morgan fingerprint density at radius 2 is 2.15 bits per heavy atom. The molecule has 1 aromatic rings. The molecule has 1 saturated heterocycles. The van der Waals surface area contributed by atoms with E-state index in [9.17, 15) is 9.59 Å². The minimum Gasteiger partial charge on any atom is -0.480 e. The average Bonchev–Trinajstić information content (AvgIpc) is 2.61. The van der Waals surface area contributed by atoms with Gasteiger partial charge in [-0.3, -0.25) is 9.69 Å². The lowest BCUT2D eigenvalue weighted by molar-refractivity contribution is -0.138. The Hall–Kier alpha value is -2.12. The summed E-state index contributed by atoms with van der Waals surface area (Å²) in [6.07, 6.45) is 4.28. The molecule has 7 nitrogen and oxygen atoms in total. The first kappa shape index (κ1) is 18.7. The topological polar surface area (TPSA) is 82.1 Å². The van der Waals surface area contributed by atoms with E-state index in [1.54, 1.807) is 16.8 Å². The summed E-state index contributed by atoms with van der Waals surface area (Å²) in [5.41, 5.74) is 3.51. The number of aliphatic carboxylic acids is 1. The van der Waals surface area contributed by atoms with Crippen LogP contribution in [-0.4, -0.2) is 72.8 Å². The molecule has 0 radical (unpaired) electrons. The fourth-order valence-corrected chi connectivity index (χ4v) is 3.75. The molecule has 2 aliphatic rings. The molecule has 1 fully saturated rings. The Bertz CT molecular complexity index is 664. The lowest BCUT2D eigenvalue weighted by atomic mass is 9.90. The van der Waals surface area contributed by atoms with E-state index in [1.807, 2.05) is 12.1 Å². The highest BCUT2D eigenvalue weighted by Gasteiger charge is 2.26. The zero-order chi connectivity index (χ0) is 18.5. The molecule has 3 rings (SSSR count). The number of hydrogen-bond donors (Lipinski definition) is 2. The van der Waals surface area contributed by atoms with Crippen LogP contribution in [0, 0.1) is 0 Å². The quantitative estimate of drug-likeness (QED) is 0.836. The molecule has 1 aromatic carbocycles. The highest BCUT2D eigenvalue weighted by atomic mass is 16.5. The zero-order valence-electron chi connectivity index (χ0n) is 15.2. The van der Waals surface area contributed by atoms with E-state index in [0.717, 1.165) is 24.9 Å². The number of anilines is 1. The van der Waals surface area contributed by atoms with E-state index in [1.165, 1.54) is 17.5 Å². The van der Waals surface area contributed by atoms with Crippen molar-refractivity contribution in [1.82, 2.24) is 9.80 Å². The van der Waals surface area contributed by atoms with Crippen LogP contribution >= 0.6 is 0 Å². The van der Waals surface area contributed by atoms with Crippen molar-refractivity contribution in [1.29, 1.82) is 0 Å². The largest absolute Gasteiger partial charge is 0.480 e. The average molecular weight is 361 g/mol. The smallest absolute Gasteiger partial charge is 0.322 e. The Balaban J connectivity index is 1.59. The molecule has 7 heteroatoms. The standard InChI is InChI=1S/C19H27N3O4/c1-21(13-18(23)24)11-15-12-22(9-10-26-15)19(25)20-17-8-4-6-14-5-2-3-7-16(14)17/h4,6,8,15H,2-3,5,7,9-13H2,1H3,(H,20,25)(H,23,24). The second-order valence-corrected chi connectivity index (χ2v) is 7.11. The number of aryl methyl sites for hydroxylation is 1. The van der Waals surface area contributed by atoms with Gasteiger partial charge in [-0.05, 0) is 49.9 Å². The van der Waals surface area contributed by atoms with Crippen LogP contribution in [0.4, 0.5) is 10.5 Å². The van der Waals surface area contributed by atoms with Crippen molar-refractivity contribution in [2.24, 2.45) is 0 Å². The van der Waals surface area contributed by atoms with Crippen LogP contribution in [0.1, 0.15) is 24.0 Å². The predicted octanol–water partition coefficient (Wildman–Crippen LogP) is 1.81. The molecule has 1 unspecified atom stereocenters. The fourth-order valence-electron chi connectivity index (χ4n) is 3.75. The highest BCUT2D eigenvalue weighted by molar-refractivity contribution is 5.90. The summed E-state index contributed by atoms with van der Waals surface area (Å²) >= 11 is 0. The van der Waals surface area contributed by atoms with Crippen molar-refractivity contribution in [3.05, 3.63) is 29.3 Å². The van der Waals surface area contributed by atoms with Crippen LogP contribution < -0.4 is 5.32 Å². The van der Waals surface area contributed by atoms with Gasteiger partial charge in [-0.25, -0.2) is 4.79 Å². The third-order valence-electron chi connectivity index (χ3n) is 4.98. The van der Waals surface area contributed by atoms with Gasteiger partial charge in [-0.15, -0.1) is 0 Å². The van der Waals surface area contributed by atoms with E-state index in [0.29, 0.717) is 26.2 Å². The number of carbonyl (C=O) groups is 2. The third kappa shape index (κ3) is 4.74. The summed E-state index contributed by atoms with van der Waals surface area (Å²) in [5, 5.41) is 11.9. The molecular weight excluding hydrogens is 334 g/mol. The molecule has 1 heterocycles. The van der Waals surface area contributed by atoms with E-state index in [2.05, 4.69) is 11.4 Å². The molecule has 2 N–H and O–H groups in total. The van der Waals surface area contributed by atoms with E-state index < -0.39 is 5.97 Å². The highest BCUT2D eigenvalue weighted by Crippen LogP contribution is 2.28. The molecule has 2 amide bonds. The SMILES string of the molecule is CN(CC(=O)O)CC1CN(C(=O)Nc2cccc3c2CCCC3)CCO1. The predicted molar refractivity (Wildman–Crippen MR) is 98.5 cm³/mol. The molecule has 1 atom stereocenters. The van der Waals surface area contributed by atoms with Crippen molar-refractivity contribution in [3.63, 3.8) is 0 Å². The van der Waals surface area contributed by atoms with Crippen molar-refractivity contribution in [3.8, 4) is 0 Å². The number of ether oxygens (including phenoxy) is 1. The lowest BCUT2D eigenvalue weighted by Gasteiger charge is -2.34. The number of morpholine rings is 1. The number of hydrogen-bond acceptors (Lipinski definition) is 4. The van der Waals surface area contributed by atoms with Gasteiger partial charge in [0.2, 0.25) is 0 Å². The minimum atomic E-state index is -0.869. The fraction of sp³-hybridized carbons (Fsp3) is 0.579. The van der Waals surface area contributed by atoms with Gasteiger partial charge in [0, 0.05) is 25.3 Å². The summed E-state index contributed by atoms with van der Waals surface area (Å²) < 4.78 is 5.70. The minimum absolute atomic E-state index is 0.0395. The number of carboxylic acid groups (broad SMARTS) is 1. The summed E-state index contributed by atoms with van der Waals surface area (Å²) in [5.74, 6) is -0.869. The molecule has 1 aliphatic carbocycles. The molecule has 0 saturated carbocycles. The van der Waals surface area contributed by atoms with Gasteiger partial charge < -0.3 is 20.1 Å². The Kier molecular flexibility index (Phi) is 6.11. The molecular formula is C19H27N3O4. The number of urea groups is 1. The van der Waals surface area contributed by atoms with Crippen LogP contribution in [0.2, 0.25) is 0 Å². The summed E-state index contributed by atoms with van der Waals surface area (Å²) in [6, 6.07) is 6.01. The van der Waals surface area contributed by atoms with Crippen molar-refractivity contribution in [2.75, 3.05) is 45.2 Å². The molecule has 26 heavy (non-hydrogen) atoms. The van der Waals surface area contributed by atoms with Crippen LogP contribution in [-0.2, 0) is 22.4 Å². The normalized spacial score (nSPS) is 19.9. The number of likely N-dealkylation sites (N-methyl/N-ethyl adjacent to an activating group) is 1. The number of amides is 2. The van der Waals surface area contributed by atoms with Crippen molar-refractivity contribution >= 4 is 17.7 Å². The van der Waals surface area contributed by atoms with Crippen LogP contribution in [0.15, 0.2) is 18.2 Å². The monoisotopic (exact) mass is 361 g/mol. The van der Waals surface area contributed by atoms with E-state index in [4.69, 9.17) is 9.84 Å². The Labute approximate surface area is 153 Å².